The summed E-state index contributed by atoms with van der Waals surface area (Å²) in [5.41, 5.74) is -0.531. The third-order valence-electron chi connectivity index (χ3n) is 5.74. The van der Waals surface area contributed by atoms with Crippen LogP contribution in [0.1, 0.15) is 58.9 Å². The van der Waals surface area contributed by atoms with Crippen molar-refractivity contribution in [3.8, 4) is 95.4 Å². The smallest absolute Gasteiger partial charge is 0.326 e. The molecule has 0 aliphatic heterocycles. The van der Waals surface area contributed by atoms with E-state index in [4.69, 9.17) is 20.6 Å². The monoisotopic (exact) mass is 616 g/mol. The molecule has 6 nitrogen and oxygen atoms in total. The summed E-state index contributed by atoms with van der Waals surface area (Å²) in [5.74, 6) is 32.5. The van der Waals surface area contributed by atoms with Gasteiger partial charge in [-0.3, -0.25) is 14.4 Å². The van der Waals surface area contributed by atoms with Crippen molar-refractivity contribution in [2.45, 2.75) is 53.4 Å². The molecular formula is C38H32O6S. The molecule has 1 atom stereocenters. The van der Waals surface area contributed by atoms with Crippen LogP contribution in [0.5, 0.6) is 0 Å². The lowest BCUT2D eigenvalue weighted by Gasteiger charge is -2.27. The Bertz CT molecular complexity index is 1700. The molecule has 0 saturated heterocycles. The van der Waals surface area contributed by atoms with Crippen LogP contribution in [0.25, 0.3) is 0 Å². The number of hydrogen-bond acceptors (Lipinski definition) is 7. The van der Waals surface area contributed by atoms with Gasteiger partial charge in [0.2, 0.25) is 6.79 Å². The average molecular weight is 617 g/mol. The van der Waals surface area contributed by atoms with Gasteiger partial charge in [-0.25, -0.2) is 0 Å². The Morgan fingerprint density at radius 3 is 1.82 bits per heavy atom. The number of terminal acetylenes is 1. The molecule has 0 radical (unpaired) electrons. The summed E-state index contributed by atoms with van der Waals surface area (Å²) >= 11 is 1.18. The zero-order valence-corrected chi connectivity index (χ0v) is 26.8. The van der Waals surface area contributed by atoms with Crippen molar-refractivity contribution in [3.05, 3.63) is 35.9 Å². The molecule has 0 bridgehead atoms. The fraction of sp³-hybridized carbons (Fsp3) is 0.342. The largest absolute Gasteiger partial charge is 0.427 e. The Morgan fingerprint density at radius 2 is 1.29 bits per heavy atom. The number of rotatable bonds is 12. The van der Waals surface area contributed by atoms with Crippen LogP contribution in [0.4, 0.5) is 0 Å². The van der Waals surface area contributed by atoms with Crippen molar-refractivity contribution in [2.24, 2.45) is 10.8 Å². The Kier molecular flexibility index (Phi) is 17.7. The molecule has 0 N–H and O–H groups in total. The summed E-state index contributed by atoms with van der Waals surface area (Å²) in [6, 6.07) is 10.0. The second-order valence-electron chi connectivity index (χ2n) is 10.3. The van der Waals surface area contributed by atoms with Gasteiger partial charge in [-0.05, 0) is 93.5 Å². The fourth-order valence-corrected chi connectivity index (χ4v) is 4.35. The molecule has 1 rings (SSSR count). The molecule has 0 aliphatic carbocycles. The minimum Gasteiger partial charge on any atom is -0.427 e. The predicted molar refractivity (Wildman–Crippen MR) is 175 cm³/mol. The van der Waals surface area contributed by atoms with Crippen molar-refractivity contribution in [1.82, 2.24) is 0 Å². The van der Waals surface area contributed by atoms with Gasteiger partial charge in [0.1, 0.15) is 6.11 Å². The highest BCUT2D eigenvalue weighted by molar-refractivity contribution is 8.00. The van der Waals surface area contributed by atoms with Crippen LogP contribution in [0.3, 0.4) is 0 Å². The molecule has 1 aromatic rings. The molecule has 0 spiro atoms. The lowest BCUT2D eigenvalue weighted by Crippen LogP contribution is -2.30. The molecule has 0 saturated carbocycles. The first-order valence-corrected chi connectivity index (χ1v) is 14.8. The van der Waals surface area contributed by atoms with Gasteiger partial charge in [0.05, 0.1) is 16.6 Å². The van der Waals surface area contributed by atoms with Crippen LogP contribution >= 0.6 is 11.8 Å². The first kappa shape index (κ1) is 37.5. The van der Waals surface area contributed by atoms with Crippen LogP contribution in [-0.4, -0.2) is 36.2 Å². The minimum atomic E-state index is -0.938. The number of esters is 3. The lowest BCUT2D eigenvalue weighted by atomic mass is 9.79. The summed E-state index contributed by atoms with van der Waals surface area (Å²) in [5, 5.41) is 0. The van der Waals surface area contributed by atoms with Crippen molar-refractivity contribution in [3.63, 3.8) is 0 Å². The Labute approximate surface area is 271 Å². The van der Waals surface area contributed by atoms with E-state index in [2.05, 4.69) is 95.9 Å². The summed E-state index contributed by atoms with van der Waals surface area (Å²) in [4.78, 5) is 37.2. The predicted octanol–water partition coefficient (Wildman–Crippen LogP) is 4.56. The van der Waals surface area contributed by atoms with E-state index in [0.717, 1.165) is 6.42 Å². The summed E-state index contributed by atoms with van der Waals surface area (Å²) in [6.07, 6.45) is 8.64. The van der Waals surface area contributed by atoms with Gasteiger partial charge < -0.3 is 14.2 Å². The molecule has 1 unspecified atom stereocenters. The van der Waals surface area contributed by atoms with Gasteiger partial charge in [0.15, 0.2) is 0 Å². The summed E-state index contributed by atoms with van der Waals surface area (Å²) in [6.45, 7) is 8.56. The maximum Gasteiger partial charge on any atom is 0.326 e. The highest BCUT2D eigenvalue weighted by Crippen LogP contribution is 2.34. The van der Waals surface area contributed by atoms with Crippen LogP contribution in [0.15, 0.2) is 30.3 Å². The molecule has 0 aliphatic rings. The topological polar surface area (TPSA) is 78.9 Å². The van der Waals surface area contributed by atoms with Gasteiger partial charge in [-0.1, -0.05) is 37.3 Å². The van der Waals surface area contributed by atoms with Gasteiger partial charge in [0.25, 0.3) is 0 Å². The molecule has 7 heteroatoms. The number of hydrogen-bond donors (Lipinski definition) is 0. The molecule has 45 heavy (non-hydrogen) atoms. The van der Waals surface area contributed by atoms with Crippen molar-refractivity contribution < 1.29 is 28.6 Å². The highest BCUT2D eigenvalue weighted by Gasteiger charge is 2.33. The molecule has 0 fully saturated rings. The number of thioether (sulfide) groups is 1. The van der Waals surface area contributed by atoms with Crippen molar-refractivity contribution in [1.29, 1.82) is 0 Å². The van der Waals surface area contributed by atoms with Gasteiger partial charge in [-0.15, -0.1) is 18.2 Å². The third-order valence-corrected chi connectivity index (χ3v) is 7.10. The zero-order chi connectivity index (χ0) is 33.4. The van der Waals surface area contributed by atoms with E-state index in [-0.39, 0.29) is 17.4 Å². The fourth-order valence-electron chi connectivity index (χ4n) is 3.37. The van der Waals surface area contributed by atoms with E-state index in [9.17, 15) is 14.4 Å². The van der Waals surface area contributed by atoms with E-state index in [1.165, 1.54) is 17.3 Å². The molecule has 0 aromatic heterocycles. The Morgan fingerprint density at radius 1 is 0.756 bits per heavy atom. The molecular weight excluding hydrogens is 584 g/mol. The van der Waals surface area contributed by atoms with Crippen LogP contribution in [0.2, 0.25) is 0 Å². The van der Waals surface area contributed by atoms with Gasteiger partial charge in [-0.2, -0.15) is 0 Å². The first-order valence-electron chi connectivity index (χ1n) is 13.7. The SMILES string of the molecule is C#CC#CC#CC#CC#CC#CC#CC#COC(=O)C(C)(C)CSCC(=O)OCOC(=O)C(C)(C)CC(CC)c1ccccc1. The Balaban J connectivity index is 2.40. The second-order valence-corrected chi connectivity index (χ2v) is 11.3. The maximum atomic E-state index is 12.7. The molecule has 0 heterocycles. The van der Waals surface area contributed by atoms with Crippen molar-refractivity contribution in [2.75, 3.05) is 18.3 Å². The first-order chi connectivity index (χ1) is 21.5. The molecule has 0 amide bonds. The lowest BCUT2D eigenvalue weighted by molar-refractivity contribution is -0.173. The zero-order valence-electron chi connectivity index (χ0n) is 25.9. The molecule has 226 valence electrons. The number of benzene rings is 1. The average Bonchev–Trinajstić information content (AvgIpc) is 3.01. The van der Waals surface area contributed by atoms with E-state index in [1.54, 1.807) is 13.8 Å². The van der Waals surface area contributed by atoms with E-state index >= 15 is 0 Å². The third kappa shape index (κ3) is 16.6. The van der Waals surface area contributed by atoms with Gasteiger partial charge >= 0.3 is 17.9 Å². The summed E-state index contributed by atoms with van der Waals surface area (Å²) < 4.78 is 15.2. The highest BCUT2D eigenvalue weighted by atomic mass is 32.2. The minimum absolute atomic E-state index is 0.0392. The van der Waals surface area contributed by atoms with Crippen LogP contribution in [0, 0.1) is 106 Å². The van der Waals surface area contributed by atoms with E-state index in [1.807, 2.05) is 44.2 Å². The van der Waals surface area contributed by atoms with E-state index < -0.39 is 35.5 Å². The Hall–Kier alpha value is -5.54. The van der Waals surface area contributed by atoms with Gasteiger partial charge in [0, 0.05) is 47.2 Å². The second kappa shape index (κ2) is 21.2. The molecule has 1 aromatic carbocycles. The quantitative estimate of drug-likeness (QED) is 0.194. The van der Waals surface area contributed by atoms with Crippen LogP contribution in [-0.2, 0) is 28.6 Å². The normalized spacial score (nSPS) is 9.78. The number of ether oxygens (including phenoxy) is 3. The number of carbonyl (C=O) groups is 3. The summed E-state index contributed by atoms with van der Waals surface area (Å²) in [7, 11) is 0. The van der Waals surface area contributed by atoms with Crippen LogP contribution < -0.4 is 0 Å². The standard InChI is InChI=1S/C38H32O6S/c1-7-9-10-11-12-13-14-15-16-17-18-19-20-24-27-42-36(41)38(5,6)30-45-29-34(39)43-31-44-35(40)37(3,4)28-32(8-2)33-25-22-21-23-26-33/h1,21-23,25-26,32H,8,28-31H2,2-6H3. The van der Waals surface area contributed by atoms with Crippen molar-refractivity contribution >= 4 is 29.7 Å². The van der Waals surface area contributed by atoms with E-state index in [0.29, 0.717) is 6.42 Å². The number of carbonyl (C=O) groups excluding carboxylic acids is 3. The maximum absolute atomic E-state index is 12.7.